The number of carbonyl (C=O) groups is 1. The number of nitrogens with zero attached hydrogens (tertiary/aromatic N) is 4. The highest BCUT2D eigenvalue weighted by molar-refractivity contribution is 6.32. The number of hydrogen-bond acceptors (Lipinski definition) is 5. The van der Waals surface area contributed by atoms with Crippen LogP contribution in [0.1, 0.15) is 5.69 Å². The van der Waals surface area contributed by atoms with Crippen LogP contribution in [0.25, 0.3) is 0 Å². The maximum Gasteiger partial charge on any atom is 0.241 e. The van der Waals surface area contributed by atoms with Gasteiger partial charge < -0.3 is 10.2 Å². The molecule has 1 amide bonds. The highest BCUT2D eigenvalue weighted by atomic mass is 35.5. The highest BCUT2D eigenvalue weighted by Gasteiger charge is 2.10. The van der Waals surface area contributed by atoms with E-state index in [0.29, 0.717) is 17.4 Å². The molecular formula is C14H16ClN5O. The fraction of sp³-hybridized carbons (Fsp3) is 0.286. The first-order valence-corrected chi connectivity index (χ1v) is 6.88. The number of hydrogen-bond donors (Lipinski definition) is 1. The van der Waals surface area contributed by atoms with Gasteiger partial charge in [-0.2, -0.15) is 0 Å². The molecule has 0 atom stereocenters. The minimum absolute atomic E-state index is 0.0411. The highest BCUT2D eigenvalue weighted by Crippen LogP contribution is 2.15. The monoisotopic (exact) mass is 305 g/mol. The molecule has 0 aromatic carbocycles. The zero-order valence-corrected chi connectivity index (χ0v) is 12.4. The molecule has 2 aromatic heterocycles. The Morgan fingerprint density at radius 1 is 1.38 bits per heavy atom. The van der Waals surface area contributed by atoms with Crippen LogP contribution >= 0.6 is 11.6 Å². The summed E-state index contributed by atoms with van der Waals surface area (Å²) in [6, 6.07) is 5.74. The number of halogens is 1. The van der Waals surface area contributed by atoms with Crippen molar-refractivity contribution < 1.29 is 4.79 Å². The minimum Gasteiger partial charge on any atom is -0.360 e. The summed E-state index contributed by atoms with van der Waals surface area (Å²) in [5, 5.41) is 3.29. The molecule has 1 N–H and O–H groups in total. The van der Waals surface area contributed by atoms with Crippen LogP contribution < -0.4 is 5.32 Å². The summed E-state index contributed by atoms with van der Waals surface area (Å²) in [7, 11) is 1.76. The Morgan fingerprint density at radius 2 is 2.24 bits per heavy atom. The van der Waals surface area contributed by atoms with Gasteiger partial charge in [-0.15, -0.1) is 0 Å². The average Bonchev–Trinajstić information content (AvgIpc) is 2.52. The number of carbonyl (C=O) groups excluding carboxylic acids is 1. The van der Waals surface area contributed by atoms with Crippen molar-refractivity contribution >= 4 is 23.3 Å². The van der Waals surface area contributed by atoms with Crippen LogP contribution in [0.2, 0.25) is 5.02 Å². The molecule has 2 heterocycles. The SMILES string of the molecule is CN(CCc1ccccn1)C(=O)CNc1ncncc1Cl. The van der Waals surface area contributed by atoms with Crippen molar-refractivity contribution in [1.82, 2.24) is 19.9 Å². The Morgan fingerprint density at radius 3 is 2.95 bits per heavy atom. The summed E-state index contributed by atoms with van der Waals surface area (Å²) in [5.41, 5.74) is 0.962. The molecule has 0 fully saturated rings. The molecule has 0 saturated carbocycles. The molecule has 0 saturated heterocycles. The Balaban J connectivity index is 1.79. The van der Waals surface area contributed by atoms with Crippen molar-refractivity contribution in [2.45, 2.75) is 6.42 Å². The summed E-state index contributed by atoms with van der Waals surface area (Å²) >= 11 is 5.91. The van der Waals surface area contributed by atoms with Crippen molar-refractivity contribution in [3.63, 3.8) is 0 Å². The van der Waals surface area contributed by atoms with Crippen molar-refractivity contribution in [3.05, 3.63) is 47.6 Å². The van der Waals surface area contributed by atoms with E-state index >= 15 is 0 Å². The maximum atomic E-state index is 12.0. The Hall–Kier alpha value is -2.21. The van der Waals surface area contributed by atoms with Crippen LogP contribution in [0.4, 0.5) is 5.82 Å². The maximum absolute atomic E-state index is 12.0. The number of anilines is 1. The fourth-order valence-electron chi connectivity index (χ4n) is 1.69. The summed E-state index contributed by atoms with van der Waals surface area (Å²) in [4.78, 5) is 25.6. The van der Waals surface area contributed by atoms with Crippen molar-refractivity contribution in [3.8, 4) is 0 Å². The quantitative estimate of drug-likeness (QED) is 0.878. The van der Waals surface area contributed by atoms with Gasteiger partial charge in [0.05, 0.1) is 12.7 Å². The van der Waals surface area contributed by atoms with Crippen molar-refractivity contribution in [2.75, 3.05) is 25.5 Å². The number of rotatable bonds is 6. The first-order chi connectivity index (χ1) is 10.2. The molecule has 0 aliphatic heterocycles. The van der Waals surface area contributed by atoms with Gasteiger partial charge in [-0.05, 0) is 12.1 Å². The van der Waals surface area contributed by atoms with Crippen molar-refractivity contribution in [2.24, 2.45) is 0 Å². The zero-order valence-electron chi connectivity index (χ0n) is 11.7. The summed E-state index contributed by atoms with van der Waals surface area (Å²) < 4.78 is 0. The predicted molar refractivity (Wildman–Crippen MR) is 81.1 cm³/mol. The molecule has 110 valence electrons. The van der Waals surface area contributed by atoms with E-state index in [0.717, 1.165) is 12.1 Å². The van der Waals surface area contributed by atoms with Gasteiger partial charge in [0.25, 0.3) is 0 Å². The third-order valence-corrected chi connectivity index (χ3v) is 3.21. The lowest BCUT2D eigenvalue weighted by Gasteiger charge is -2.17. The molecule has 0 aliphatic carbocycles. The standard InChI is InChI=1S/C14H16ClN5O/c1-20(7-5-11-4-2-3-6-17-11)13(21)9-18-14-12(15)8-16-10-19-14/h2-4,6,8,10H,5,7,9H2,1H3,(H,16,18,19). The van der Waals surface area contributed by atoms with Gasteiger partial charge in [0.2, 0.25) is 5.91 Å². The smallest absolute Gasteiger partial charge is 0.241 e. The number of amides is 1. The minimum atomic E-state index is -0.0411. The summed E-state index contributed by atoms with van der Waals surface area (Å²) in [5.74, 6) is 0.416. The molecule has 0 bridgehead atoms. The second-order valence-electron chi connectivity index (χ2n) is 4.46. The summed E-state index contributed by atoms with van der Waals surface area (Å²) in [6.45, 7) is 0.741. The van der Waals surface area contributed by atoms with Crippen LogP contribution in [0.15, 0.2) is 36.9 Å². The first kappa shape index (κ1) is 15.2. The average molecular weight is 306 g/mol. The molecular weight excluding hydrogens is 290 g/mol. The van der Waals surface area contributed by atoms with Crippen LogP contribution in [0.3, 0.4) is 0 Å². The second-order valence-corrected chi connectivity index (χ2v) is 4.87. The van der Waals surface area contributed by atoms with Gasteiger partial charge >= 0.3 is 0 Å². The van der Waals surface area contributed by atoms with Crippen LogP contribution in [0, 0.1) is 0 Å². The van der Waals surface area contributed by atoms with Crippen LogP contribution in [0.5, 0.6) is 0 Å². The van der Waals surface area contributed by atoms with E-state index in [4.69, 9.17) is 11.6 Å². The number of aromatic nitrogens is 3. The molecule has 0 radical (unpaired) electrons. The third kappa shape index (κ3) is 4.68. The largest absolute Gasteiger partial charge is 0.360 e. The van der Waals surface area contributed by atoms with Gasteiger partial charge in [0.1, 0.15) is 17.2 Å². The number of likely N-dealkylation sites (N-methyl/N-ethyl adjacent to an activating group) is 1. The fourth-order valence-corrected chi connectivity index (χ4v) is 1.86. The van der Waals surface area contributed by atoms with Gasteiger partial charge in [0, 0.05) is 31.9 Å². The molecule has 0 spiro atoms. The molecule has 0 aliphatic rings. The van der Waals surface area contributed by atoms with E-state index in [9.17, 15) is 4.79 Å². The lowest BCUT2D eigenvalue weighted by Crippen LogP contribution is -2.34. The molecule has 2 rings (SSSR count). The van der Waals surface area contributed by atoms with Gasteiger partial charge in [-0.25, -0.2) is 9.97 Å². The second kappa shape index (κ2) is 7.54. The molecule has 7 heteroatoms. The summed E-state index contributed by atoms with van der Waals surface area (Å²) in [6.07, 6.45) is 5.32. The van der Waals surface area contributed by atoms with E-state index in [2.05, 4.69) is 20.3 Å². The van der Waals surface area contributed by atoms with Gasteiger partial charge in [0.15, 0.2) is 0 Å². The van der Waals surface area contributed by atoms with Gasteiger partial charge in [-0.3, -0.25) is 9.78 Å². The molecule has 2 aromatic rings. The lowest BCUT2D eigenvalue weighted by molar-refractivity contribution is -0.128. The first-order valence-electron chi connectivity index (χ1n) is 6.50. The normalized spacial score (nSPS) is 10.2. The Kier molecular flexibility index (Phi) is 5.45. The number of nitrogens with one attached hydrogen (secondary N) is 1. The van der Waals surface area contributed by atoms with Gasteiger partial charge in [-0.1, -0.05) is 17.7 Å². The Labute approximate surface area is 128 Å². The van der Waals surface area contributed by atoms with E-state index in [-0.39, 0.29) is 12.5 Å². The number of pyridine rings is 1. The van der Waals surface area contributed by atoms with E-state index in [1.54, 1.807) is 18.1 Å². The van der Waals surface area contributed by atoms with E-state index in [1.807, 2.05) is 18.2 Å². The van der Waals surface area contributed by atoms with E-state index < -0.39 is 0 Å². The Bertz CT molecular complexity index is 593. The van der Waals surface area contributed by atoms with Crippen molar-refractivity contribution in [1.29, 1.82) is 0 Å². The third-order valence-electron chi connectivity index (χ3n) is 2.93. The lowest BCUT2D eigenvalue weighted by atomic mass is 10.2. The zero-order chi connectivity index (χ0) is 15.1. The van der Waals surface area contributed by atoms with Crippen LogP contribution in [-0.2, 0) is 11.2 Å². The van der Waals surface area contributed by atoms with Crippen LogP contribution in [-0.4, -0.2) is 45.9 Å². The molecule has 21 heavy (non-hydrogen) atoms. The molecule has 0 unspecified atom stereocenters. The topological polar surface area (TPSA) is 71.0 Å². The predicted octanol–water partition coefficient (Wildman–Crippen LogP) is 1.64. The molecule has 6 nitrogen and oxygen atoms in total. The van der Waals surface area contributed by atoms with E-state index in [1.165, 1.54) is 12.5 Å².